The summed E-state index contributed by atoms with van der Waals surface area (Å²) in [6.07, 6.45) is 0. The highest BCUT2D eigenvalue weighted by Gasteiger charge is 1.92. The minimum atomic E-state index is 0.840. The van der Waals surface area contributed by atoms with Gasteiger partial charge in [0.05, 0.1) is 0 Å². The van der Waals surface area contributed by atoms with Gasteiger partial charge in [0.15, 0.2) is 0 Å². The third-order valence-electron chi connectivity index (χ3n) is 1.59. The summed E-state index contributed by atoms with van der Waals surface area (Å²) in [4.78, 5) is 0. The third kappa shape index (κ3) is 1.58. The van der Waals surface area contributed by atoms with Crippen LogP contribution in [-0.2, 0) is 6.54 Å². The van der Waals surface area contributed by atoms with E-state index in [1.165, 1.54) is 11.1 Å². The Labute approximate surface area is 62.1 Å². The van der Waals surface area contributed by atoms with Crippen LogP contribution in [0.1, 0.15) is 11.1 Å². The van der Waals surface area contributed by atoms with Crippen molar-refractivity contribution in [3.63, 3.8) is 0 Å². The molecule has 0 amide bonds. The van der Waals surface area contributed by atoms with Crippen LogP contribution in [0, 0.1) is 6.92 Å². The third-order valence-corrected chi connectivity index (χ3v) is 1.59. The Morgan fingerprint density at radius 2 is 2.00 bits per heavy atom. The van der Waals surface area contributed by atoms with E-state index in [-0.39, 0.29) is 0 Å². The first-order valence-corrected chi connectivity index (χ1v) is 3.44. The number of hydrogen-bond acceptors (Lipinski definition) is 0. The first-order chi connectivity index (χ1) is 4.84. The molecule has 10 heavy (non-hydrogen) atoms. The van der Waals surface area contributed by atoms with Gasteiger partial charge in [-0.25, -0.2) is 5.32 Å². The van der Waals surface area contributed by atoms with Gasteiger partial charge in [-0.1, -0.05) is 24.3 Å². The molecule has 0 atom stereocenters. The molecule has 0 aliphatic carbocycles. The van der Waals surface area contributed by atoms with Crippen LogP contribution in [0.15, 0.2) is 24.3 Å². The molecule has 1 nitrogen and oxygen atoms in total. The van der Waals surface area contributed by atoms with Crippen LogP contribution in [0.2, 0.25) is 0 Å². The average Bonchev–Trinajstić information content (AvgIpc) is 1.94. The summed E-state index contributed by atoms with van der Waals surface area (Å²) in [5.41, 5.74) is 2.65. The van der Waals surface area contributed by atoms with E-state index in [0.717, 1.165) is 6.54 Å². The van der Waals surface area contributed by atoms with Crippen molar-refractivity contribution in [3.05, 3.63) is 35.4 Å². The van der Waals surface area contributed by atoms with E-state index in [0.29, 0.717) is 0 Å². The normalized spacial score (nSPS) is 9.80. The van der Waals surface area contributed by atoms with E-state index in [1.54, 1.807) is 0 Å². The van der Waals surface area contributed by atoms with Crippen molar-refractivity contribution >= 4 is 0 Å². The quantitative estimate of drug-likeness (QED) is 0.585. The molecule has 0 spiro atoms. The van der Waals surface area contributed by atoms with Crippen LogP contribution in [0.5, 0.6) is 0 Å². The zero-order chi connectivity index (χ0) is 7.40. The van der Waals surface area contributed by atoms with Gasteiger partial charge in [-0.05, 0) is 18.1 Å². The molecular formula is C9H12N. The number of benzene rings is 1. The Balaban J connectivity index is 2.81. The van der Waals surface area contributed by atoms with Gasteiger partial charge in [0.25, 0.3) is 0 Å². The Bertz CT molecular complexity index is 206. The number of aryl methyl sites for hydroxylation is 1. The van der Waals surface area contributed by atoms with Crippen molar-refractivity contribution in [3.8, 4) is 0 Å². The molecule has 1 heteroatoms. The number of nitrogens with zero attached hydrogens (tertiary/aromatic N) is 1. The Kier molecular flexibility index (Phi) is 2.46. The van der Waals surface area contributed by atoms with Crippen molar-refractivity contribution in [2.24, 2.45) is 0 Å². The van der Waals surface area contributed by atoms with E-state index in [4.69, 9.17) is 0 Å². The maximum absolute atomic E-state index is 4.07. The second kappa shape index (κ2) is 3.37. The molecule has 1 rings (SSSR count). The summed E-state index contributed by atoms with van der Waals surface area (Å²) >= 11 is 0. The number of hydrogen-bond donors (Lipinski definition) is 0. The molecule has 0 saturated carbocycles. The lowest BCUT2D eigenvalue weighted by atomic mass is 10.1. The predicted molar refractivity (Wildman–Crippen MR) is 42.9 cm³/mol. The summed E-state index contributed by atoms with van der Waals surface area (Å²) in [6.45, 7) is 2.95. The standard InChI is InChI=1S/C9H12N/c1-8-5-3-4-6-9(8)7-10-2/h3-6H,7H2,1-2H3. The van der Waals surface area contributed by atoms with Crippen molar-refractivity contribution < 1.29 is 0 Å². The van der Waals surface area contributed by atoms with E-state index in [2.05, 4.69) is 30.4 Å². The molecule has 1 aromatic carbocycles. The van der Waals surface area contributed by atoms with Gasteiger partial charge in [-0.3, -0.25) is 0 Å². The van der Waals surface area contributed by atoms with Crippen LogP contribution < -0.4 is 5.32 Å². The van der Waals surface area contributed by atoms with Gasteiger partial charge >= 0.3 is 0 Å². The molecular weight excluding hydrogens is 122 g/mol. The number of rotatable bonds is 2. The van der Waals surface area contributed by atoms with Crippen LogP contribution in [-0.4, -0.2) is 7.05 Å². The highest BCUT2D eigenvalue weighted by molar-refractivity contribution is 5.25. The van der Waals surface area contributed by atoms with Gasteiger partial charge < -0.3 is 0 Å². The van der Waals surface area contributed by atoms with Gasteiger partial charge in [0.1, 0.15) is 0 Å². The maximum atomic E-state index is 4.07. The highest BCUT2D eigenvalue weighted by Crippen LogP contribution is 2.05. The Morgan fingerprint density at radius 1 is 1.30 bits per heavy atom. The molecule has 0 heterocycles. The lowest BCUT2D eigenvalue weighted by molar-refractivity contribution is 0.794. The smallest absolute Gasteiger partial charge is 0.0383 e. The molecule has 0 aromatic heterocycles. The summed E-state index contributed by atoms with van der Waals surface area (Å²) in [5.74, 6) is 0. The summed E-state index contributed by atoms with van der Waals surface area (Å²) in [5, 5.41) is 4.07. The van der Waals surface area contributed by atoms with Crippen molar-refractivity contribution in [1.29, 1.82) is 0 Å². The molecule has 1 radical (unpaired) electrons. The summed E-state index contributed by atoms with van der Waals surface area (Å²) in [7, 11) is 1.84. The second-order valence-electron chi connectivity index (χ2n) is 2.40. The largest absolute Gasteiger partial charge is 0.240 e. The topological polar surface area (TPSA) is 14.1 Å². The van der Waals surface area contributed by atoms with Crippen LogP contribution in [0.25, 0.3) is 0 Å². The van der Waals surface area contributed by atoms with Gasteiger partial charge in [0, 0.05) is 13.6 Å². The van der Waals surface area contributed by atoms with Crippen molar-refractivity contribution in [1.82, 2.24) is 5.32 Å². The molecule has 0 fully saturated rings. The van der Waals surface area contributed by atoms with Crippen LogP contribution >= 0.6 is 0 Å². The predicted octanol–water partition coefficient (Wildman–Crippen LogP) is 1.73. The van der Waals surface area contributed by atoms with E-state index in [9.17, 15) is 0 Å². The summed E-state index contributed by atoms with van der Waals surface area (Å²) in [6, 6.07) is 8.32. The van der Waals surface area contributed by atoms with Crippen LogP contribution in [0.3, 0.4) is 0 Å². The van der Waals surface area contributed by atoms with Crippen molar-refractivity contribution in [2.75, 3.05) is 7.05 Å². The molecule has 0 aliphatic rings. The Hall–Kier alpha value is -0.820. The monoisotopic (exact) mass is 134 g/mol. The lowest BCUT2D eigenvalue weighted by Gasteiger charge is -2.01. The lowest BCUT2D eigenvalue weighted by Crippen LogP contribution is -1.98. The fourth-order valence-corrected chi connectivity index (χ4v) is 0.958. The fourth-order valence-electron chi connectivity index (χ4n) is 0.958. The summed E-state index contributed by atoms with van der Waals surface area (Å²) < 4.78 is 0. The molecule has 1 aromatic rings. The zero-order valence-corrected chi connectivity index (χ0v) is 6.46. The van der Waals surface area contributed by atoms with Gasteiger partial charge in [-0.15, -0.1) is 0 Å². The van der Waals surface area contributed by atoms with Crippen molar-refractivity contribution in [2.45, 2.75) is 13.5 Å². The molecule has 0 aliphatic heterocycles. The minimum Gasteiger partial charge on any atom is -0.240 e. The maximum Gasteiger partial charge on any atom is 0.0383 e. The molecule has 53 valence electrons. The zero-order valence-electron chi connectivity index (χ0n) is 6.46. The van der Waals surface area contributed by atoms with Gasteiger partial charge in [-0.2, -0.15) is 0 Å². The van der Waals surface area contributed by atoms with E-state index in [1.807, 2.05) is 13.1 Å². The first kappa shape index (κ1) is 7.29. The second-order valence-corrected chi connectivity index (χ2v) is 2.40. The van der Waals surface area contributed by atoms with E-state index >= 15 is 0 Å². The SMILES string of the molecule is C[N]Cc1ccccc1C. The Morgan fingerprint density at radius 3 is 2.60 bits per heavy atom. The average molecular weight is 134 g/mol. The highest BCUT2D eigenvalue weighted by atomic mass is 14.8. The molecule has 0 bridgehead atoms. The first-order valence-electron chi connectivity index (χ1n) is 3.44. The van der Waals surface area contributed by atoms with Crippen LogP contribution in [0.4, 0.5) is 0 Å². The molecule has 0 N–H and O–H groups in total. The fraction of sp³-hybridized carbons (Fsp3) is 0.333. The molecule has 0 saturated heterocycles. The molecule has 0 unspecified atom stereocenters. The van der Waals surface area contributed by atoms with Gasteiger partial charge in [0.2, 0.25) is 0 Å². The van der Waals surface area contributed by atoms with E-state index < -0.39 is 0 Å². The minimum absolute atomic E-state index is 0.840.